The first kappa shape index (κ1) is 17.7. The summed E-state index contributed by atoms with van der Waals surface area (Å²) >= 11 is 0. The Morgan fingerprint density at radius 3 is 2.81 bits per heavy atom. The average molecular weight is 352 g/mol. The van der Waals surface area contributed by atoms with E-state index in [0.29, 0.717) is 19.7 Å². The van der Waals surface area contributed by atoms with E-state index in [1.165, 1.54) is 0 Å². The molecule has 0 saturated heterocycles. The van der Waals surface area contributed by atoms with Gasteiger partial charge in [0.2, 0.25) is 0 Å². The van der Waals surface area contributed by atoms with Gasteiger partial charge < -0.3 is 15.4 Å². The predicted octanol–water partition coefficient (Wildman–Crippen LogP) is 2.17. The summed E-state index contributed by atoms with van der Waals surface area (Å²) < 4.78 is 7.74. The standard InChI is InChI=1S/C19H24N6O/c1-3-20-19(21-11-13-26-16-9-5-4-8-15(16)2)22-14-18-24-23-17-10-6-7-12-25(17)18/h4-10,12H,3,11,13-14H2,1-2H3,(H2,20,21,22). The smallest absolute Gasteiger partial charge is 0.191 e. The molecule has 26 heavy (non-hydrogen) atoms. The van der Waals surface area contributed by atoms with E-state index in [2.05, 4.69) is 25.8 Å². The molecule has 0 spiro atoms. The van der Waals surface area contributed by atoms with Crippen LogP contribution in [0.3, 0.4) is 0 Å². The zero-order valence-electron chi connectivity index (χ0n) is 15.1. The summed E-state index contributed by atoms with van der Waals surface area (Å²) in [4.78, 5) is 4.58. The number of aliphatic imine (C=N–C) groups is 1. The van der Waals surface area contributed by atoms with Gasteiger partial charge in [-0.3, -0.25) is 4.40 Å². The Balaban J connectivity index is 1.55. The van der Waals surface area contributed by atoms with Gasteiger partial charge in [0.25, 0.3) is 0 Å². The SMILES string of the molecule is CCNC(=NCc1nnc2ccccn12)NCCOc1ccccc1C. The fourth-order valence-corrected chi connectivity index (χ4v) is 2.54. The van der Waals surface area contributed by atoms with Gasteiger partial charge in [-0.15, -0.1) is 10.2 Å². The van der Waals surface area contributed by atoms with E-state index in [9.17, 15) is 0 Å². The van der Waals surface area contributed by atoms with Crippen LogP contribution in [0.5, 0.6) is 5.75 Å². The molecule has 0 aliphatic carbocycles. The molecule has 7 heteroatoms. The number of fused-ring (bicyclic) bond motifs is 1. The maximum absolute atomic E-state index is 5.80. The molecule has 0 aliphatic rings. The maximum Gasteiger partial charge on any atom is 0.191 e. The van der Waals surface area contributed by atoms with Gasteiger partial charge in [0.05, 0.1) is 6.54 Å². The lowest BCUT2D eigenvalue weighted by atomic mass is 10.2. The number of hydrogen-bond donors (Lipinski definition) is 2. The summed E-state index contributed by atoms with van der Waals surface area (Å²) in [6, 6.07) is 13.8. The first-order valence-corrected chi connectivity index (χ1v) is 8.77. The van der Waals surface area contributed by atoms with Crippen molar-refractivity contribution < 1.29 is 4.74 Å². The maximum atomic E-state index is 5.80. The second kappa shape index (κ2) is 8.84. The van der Waals surface area contributed by atoms with Crippen molar-refractivity contribution in [3.63, 3.8) is 0 Å². The highest BCUT2D eigenvalue weighted by atomic mass is 16.5. The molecule has 0 unspecified atom stereocenters. The van der Waals surface area contributed by atoms with Crippen LogP contribution >= 0.6 is 0 Å². The van der Waals surface area contributed by atoms with E-state index in [1.54, 1.807) is 0 Å². The number of pyridine rings is 1. The van der Waals surface area contributed by atoms with Crippen LogP contribution in [-0.4, -0.2) is 40.3 Å². The lowest BCUT2D eigenvalue weighted by Gasteiger charge is -2.12. The Morgan fingerprint density at radius 2 is 1.96 bits per heavy atom. The van der Waals surface area contributed by atoms with E-state index in [1.807, 2.05) is 66.9 Å². The lowest BCUT2D eigenvalue weighted by Crippen LogP contribution is -2.39. The van der Waals surface area contributed by atoms with Crippen molar-refractivity contribution in [3.05, 3.63) is 60.0 Å². The van der Waals surface area contributed by atoms with Crippen LogP contribution in [0.15, 0.2) is 53.7 Å². The molecule has 7 nitrogen and oxygen atoms in total. The third-order valence-electron chi connectivity index (χ3n) is 3.85. The zero-order valence-corrected chi connectivity index (χ0v) is 15.1. The Bertz CT molecular complexity index is 873. The second-order valence-corrected chi connectivity index (χ2v) is 5.78. The van der Waals surface area contributed by atoms with Gasteiger partial charge in [0, 0.05) is 12.7 Å². The van der Waals surface area contributed by atoms with Crippen molar-refractivity contribution in [1.29, 1.82) is 0 Å². The summed E-state index contributed by atoms with van der Waals surface area (Å²) in [5, 5.41) is 14.8. The number of nitrogens with one attached hydrogen (secondary N) is 2. The quantitative estimate of drug-likeness (QED) is 0.387. The van der Waals surface area contributed by atoms with Gasteiger partial charge in [-0.05, 0) is 37.6 Å². The van der Waals surface area contributed by atoms with Gasteiger partial charge in [0.1, 0.15) is 18.9 Å². The first-order chi connectivity index (χ1) is 12.8. The molecule has 0 saturated carbocycles. The van der Waals surface area contributed by atoms with Crippen LogP contribution in [0.2, 0.25) is 0 Å². The van der Waals surface area contributed by atoms with Crippen LogP contribution in [0, 0.1) is 6.92 Å². The molecule has 0 radical (unpaired) electrons. The highest BCUT2D eigenvalue weighted by molar-refractivity contribution is 5.79. The predicted molar refractivity (Wildman–Crippen MR) is 102 cm³/mol. The average Bonchev–Trinajstić information content (AvgIpc) is 3.07. The van der Waals surface area contributed by atoms with Gasteiger partial charge in [-0.25, -0.2) is 4.99 Å². The summed E-state index contributed by atoms with van der Waals surface area (Å²) in [7, 11) is 0. The third-order valence-corrected chi connectivity index (χ3v) is 3.85. The number of benzene rings is 1. The minimum Gasteiger partial charge on any atom is -0.491 e. The third kappa shape index (κ3) is 4.50. The van der Waals surface area contributed by atoms with Crippen molar-refractivity contribution in [2.75, 3.05) is 19.7 Å². The summed E-state index contributed by atoms with van der Waals surface area (Å²) in [6.07, 6.45) is 1.94. The number of hydrogen-bond acceptors (Lipinski definition) is 4. The Labute approximate surface area is 153 Å². The molecule has 0 bridgehead atoms. The lowest BCUT2D eigenvalue weighted by molar-refractivity contribution is 0.320. The Morgan fingerprint density at radius 1 is 1.12 bits per heavy atom. The molecule has 0 atom stereocenters. The number of para-hydroxylation sites is 1. The molecule has 2 N–H and O–H groups in total. The van der Waals surface area contributed by atoms with Gasteiger partial charge in [-0.1, -0.05) is 24.3 Å². The van der Waals surface area contributed by atoms with Crippen molar-refractivity contribution >= 4 is 11.6 Å². The molecule has 2 heterocycles. The molecule has 2 aromatic heterocycles. The molecular formula is C19H24N6O. The van der Waals surface area contributed by atoms with E-state index in [0.717, 1.165) is 35.3 Å². The molecule has 0 aliphatic heterocycles. The van der Waals surface area contributed by atoms with Crippen molar-refractivity contribution in [2.45, 2.75) is 20.4 Å². The molecular weight excluding hydrogens is 328 g/mol. The Kier molecular flexibility index (Phi) is 6.03. The van der Waals surface area contributed by atoms with Crippen LogP contribution in [0.1, 0.15) is 18.3 Å². The second-order valence-electron chi connectivity index (χ2n) is 5.78. The number of guanidine groups is 1. The van der Waals surface area contributed by atoms with E-state index in [4.69, 9.17) is 4.74 Å². The fraction of sp³-hybridized carbons (Fsp3) is 0.316. The van der Waals surface area contributed by atoms with E-state index < -0.39 is 0 Å². The molecule has 3 aromatic rings. The molecule has 136 valence electrons. The topological polar surface area (TPSA) is 75.8 Å². The number of aryl methyl sites for hydroxylation is 1. The number of ether oxygens (including phenoxy) is 1. The summed E-state index contributed by atoms with van der Waals surface area (Å²) in [6.45, 7) is 6.51. The minimum atomic E-state index is 0.444. The number of rotatable bonds is 7. The molecule has 0 fully saturated rings. The largest absolute Gasteiger partial charge is 0.491 e. The summed E-state index contributed by atoms with van der Waals surface area (Å²) in [5.74, 6) is 2.44. The van der Waals surface area contributed by atoms with Crippen LogP contribution in [0.4, 0.5) is 0 Å². The van der Waals surface area contributed by atoms with Gasteiger partial charge in [-0.2, -0.15) is 0 Å². The van der Waals surface area contributed by atoms with Crippen LogP contribution < -0.4 is 15.4 Å². The fourth-order valence-electron chi connectivity index (χ4n) is 2.54. The summed E-state index contributed by atoms with van der Waals surface area (Å²) in [5.41, 5.74) is 1.95. The number of aromatic nitrogens is 3. The highest BCUT2D eigenvalue weighted by Crippen LogP contribution is 2.15. The van der Waals surface area contributed by atoms with E-state index in [-0.39, 0.29) is 0 Å². The van der Waals surface area contributed by atoms with Gasteiger partial charge in [0.15, 0.2) is 17.4 Å². The van der Waals surface area contributed by atoms with Crippen LogP contribution in [0.25, 0.3) is 5.65 Å². The minimum absolute atomic E-state index is 0.444. The van der Waals surface area contributed by atoms with Crippen molar-refractivity contribution in [3.8, 4) is 5.75 Å². The van der Waals surface area contributed by atoms with Crippen molar-refractivity contribution in [2.24, 2.45) is 4.99 Å². The van der Waals surface area contributed by atoms with Crippen molar-refractivity contribution in [1.82, 2.24) is 25.2 Å². The normalized spacial score (nSPS) is 11.5. The highest BCUT2D eigenvalue weighted by Gasteiger charge is 2.05. The monoisotopic (exact) mass is 352 g/mol. The van der Waals surface area contributed by atoms with Gasteiger partial charge >= 0.3 is 0 Å². The number of nitrogens with zero attached hydrogens (tertiary/aromatic N) is 4. The molecule has 0 amide bonds. The molecule has 3 rings (SSSR count). The Hall–Kier alpha value is -3.09. The van der Waals surface area contributed by atoms with Crippen LogP contribution in [-0.2, 0) is 6.54 Å². The molecule has 1 aromatic carbocycles. The first-order valence-electron chi connectivity index (χ1n) is 8.77. The van der Waals surface area contributed by atoms with E-state index >= 15 is 0 Å². The zero-order chi connectivity index (χ0) is 18.2.